The van der Waals surface area contributed by atoms with Gasteiger partial charge < -0.3 is 5.11 Å². The molecule has 0 spiro atoms. The van der Waals surface area contributed by atoms with Crippen molar-refractivity contribution >= 4 is 35.0 Å². The van der Waals surface area contributed by atoms with Crippen molar-refractivity contribution in [2.45, 2.75) is 51.4 Å². The van der Waals surface area contributed by atoms with Gasteiger partial charge in [-0.05, 0) is 80.0 Å². The van der Waals surface area contributed by atoms with Crippen molar-refractivity contribution in [3.8, 4) is 5.75 Å². The highest BCUT2D eigenvalue weighted by molar-refractivity contribution is 6.22. The molecule has 0 aromatic heterocycles. The number of hydrogen-bond donors (Lipinski definition) is 2. The van der Waals surface area contributed by atoms with Crippen molar-refractivity contribution in [2.75, 3.05) is 10.3 Å². The van der Waals surface area contributed by atoms with Crippen LogP contribution in [0.25, 0.3) is 0 Å². The summed E-state index contributed by atoms with van der Waals surface area (Å²) in [5, 5.41) is 12.9. The van der Waals surface area contributed by atoms with Gasteiger partial charge in [0, 0.05) is 11.5 Å². The van der Waals surface area contributed by atoms with Crippen molar-refractivity contribution in [1.82, 2.24) is 5.01 Å². The van der Waals surface area contributed by atoms with Crippen molar-refractivity contribution < 1.29 is 24.3 Å². The highest BCUT2D eigenvalue weighted by Crippen LogP contribution is 2.65. The number of nitrogens with one attached hydrogen (secondary N) is 1. The third-order valence-corrected chi connectivity index (χ3v) is 11.6. The molecule has 2 saturated heterocycles. The number of benzene rings is 4. The summed E-state index contributed by atoms with van der Waals surface area (Å²) in [4.78, 5) is 59.9. The summed E-state index contributed by atoms with van der Waals surface area (Å²) in [7, 11) is 0. The molecule has 4 aromatic rings. The highest BCUT2D eigenvalue weighted by atomic mass is 16.3. The number of nitrogens with zero attached hydrogens (tertiary/aromatic N) is 2. The van der Waals surface area contributed by atoms with Gasteiger partial charge in [0.05, 0.1) is 34.5 Å². The zero-order valence-corrected chi connectivity index (χ0v) is 28.3. The van der Waals surface area contributed by atoms with Gasteiger partial charge in [0.2, 0.25) is 11.8 Å². The van der Waals surface area contributed by atoms with Crippen molar-refractivity contribution in [3.05, 3.63) is 137 Å². The van der Waals surface area contributed by atoms with Crippen LogP contribution in [0.3, 0.4) is 0 Å². The van der Waals surface area contributed by atoms with Crippen molar-refractivity contribution in [2.24, 2.45) is 23.7 Å². The maximum Gasteiger partial charge on any atom is 0.260 e. The van der Waals surface area contributed by atoms with E-state index in [9.17, 15) is 19.5 Å². The molecule has 0 bridgehead atoms. The third kappa shape index (κ3) is 4.50. The number of fused-ring (bicyclic) bond motifs is 4. The summed E-state index contributed by atoms with van der Waals surface area (Å²) < 4.78 is 0. The third-order valence-electron chi connectivity index (χ3n) is 11.6. The number of anilines is 2. The number of hydrogen-bond acceptors (Lipinski definition) is 6. The molecule has 4 aliphatic rings. The molecular formula is C42H39N3O5. The molecule has 0 radical (unpaired) electrons. The number of imide groups is 2. The molecule has 4 aromatic carbocycles. The normalized spacial score (nSPS) is 27.2. The molecule has 3 fully saturated rings. The number of allylic oxidation sites excluding steroid dienone is 2. The molecule has 2 aliphatic heterocycles. The number of carbonyl (C=O) groups is 4. The van der Waals surface area contributed by atoms with Gasteiger partial charge in [0.1, 0.15) is 5.75 Å². The molecule has 6 atom stereocenters. The number of rotatable bonds is 6. The predicted octanol–water partition coefficient (Wildman–Crippen LogP) is 6.76. The molecule has 2 heterocycles. The Bertz CT molecular complexity index is 2070. The first-order valence-corrected chi connectivity index (χ1v) is 17.4. The van der Waals surface area contributed by atoms with Crippen LogP contribution in [0.1, 0.15) is 53.5 Å². The zero-order chi connectivity index (χ0) is 34.9. The number of phenolic OH excluding ortho intramolecular Hbond substituents is 1. The number of amides is 4. The summed E-state index contributed by atoms with van der Waals surface area (Å²) >= 11 is 0. The Kier molecular flexibility index (Phi) is 7.51. The van der Waals surface area contributed by atoms with Gasteiger partial charge >= 0.3 is 0 Å². The average molecular weight is 666 g/mol. The first kappa shape index (κ1) is 31.7. The predicted molar refractivity (Wildman–Crippen MR) is 190 cm³/mol. The Labute approximate surface area is 291 Å². The molecule has 1 saturated carbocycles. The van der Waals surface area contributed by atoms with Gasteiger partial charge in [0.25, 0.3) is 11.8 Å². The second-order valence-corrected chi connectivity index (χ2v) is 14.1. The Morgan fingerprint density at radius 3 is 2.22 bits per heavy atom. The van der Waals surface area contributed by atoms with Gasteiger partial charge in [-0.3, -0.25) is 29.5 Å². The van der Waals surface area contributed by atoms with E-state index >= 15 is 4.79 Å². The Balaban J connectivity index is 1.31. The molecule has 2 N–H and O–H groups in total. The van der Waals surface area contributed by atoms with Gasteiger partial charge in [0.15, 0.2) is 0 Å². The minimum Gasteiger partial charge on any atom is -0.507 e. The van der Waals surface area contributed by atoms with Crippen LogP contribution >= 0.6 is 0 Å². The largest absolute Gasteiger partial charge is 0.507 e. The van der Waals surface area contributed by atoms with Crippen LogP contribution < -0.4 is 10.3 Å². The molecule has 252 valence electrons. The van der Waals surface area contributed by atoms with E-state index in [-0.39, 0.29) is 24.0 Å². The summed E-state index contributed by atoms with van der Waals surface area (Å²) in [5.74, 6) is -4.78. The lowest BCUT2D eigenvalue weighted by Gasteiger charge is -2.50. The topological polar surface area (TPSA) is 107 Å². The lowest BCUT2D eigenvalue weighted by Crippen LogP contribution is -2.53. The Hall–Kier alpha value is -5.50. The maximum absolute atomic E-state index is 15.2. The number of aromatic hydroxyl groups is 1. The zero-order valence-electron chi connectivity index (χ0n) is 28.3. The molecular weight excluding hydrogens is 626 g/mol. The van der Waals surface area contributed by atoms with Crippen LogP contribution in [-0.4, -0.2) is 33.7 Å². The van der Waals surface area contributed by atoms with Crippen LogP contribution in [0.15, 0.2) is 109 Å². The van der Waals surface area contributed by atoms with Crippen LogP contribution in [0.2, 0.25) is 0 Å². The fourth-order valence-electron chi connectivity index (χ4n) is 9.14. The molecule has 8 rings (SSSR count). The molecule has 4 amide bonds. The van der Waals surface area contributed by atoms with Crippen LogP contribution in [0.5, 0.6) is 5.75 Å². The maximum atomic E-state index is 15.2. The fourth-order valence-corrected chi connectivity index (χ4v) is 9.14. The van der Waals surface area contributed by atoms with Crippen LogP contribution in [0.4, 0.5) is 11.4 Å². The smallest absolute Gasteiger partial charge is 0.260 e. The van der Waals surface area contributed by atoms with Gasteiger partial charge in [-0.1, -0.05) is 96.9 Å². The highest BCUT2D eigenvalue weighted by Gasteiger charge is 2.70. The summed E-state index contributed by atoms with van der Waals surface area (Å²) in [6.45, 7) is 5.83. The summed E-state index contributed by atoms with van der Waals surface area (Å²) in [6.07, 6.45) is 3.37. The minimum absolute atomic E-state index is 0.0480. The standard InChI is InChI=1S/C42H39N3O5/c1-4-26-15-19-29(20-16-26)44-38(47)31-22-21-30-33(35(31)40(44)49)23-34-39(48)45(43-28-17-13-24(2)14-18-28)41(50)42(34,27-10-6-5-7-11-27)36(30)32-12-8-9-25(3)37(32)46/h5-21,31,33-36,43,46H,4,22-23H2,1-3H3. The number of aryl methyl sites for hydroxylation is 3. The second kappa shape index (κ2) is 11.8. The van der Waals surface area contributed by atoms with Gasteiger partial charge in [-0.15, -0.1) is 0 Å². The molecule has 6 unspecified atom stereocenters. The van der Waals surface area contributed by atoms with Gasteiger partial charge in [-0.2, -0.15) is 5.01 Å². The van der Waals surface area contributed by atoms with Crippen LogP contribution in [-0.2, 0) is 31.0 Å². The first-order chi connectivity index (χ1) is 24.2. The van der Waals surface area contributed by atoms with E-state index < -0.39 is 46.8 Å². The lowest BCUT2D eigenvalue weighted by atomic mass is 9.49. The monoisotopic (exact) mass is 665 g/mol. The minimum atomic E-state index is -1.43. The number of para-hydroxylation sites is 1. The molecule has 50 heavy (non-hydrogen) atoms. The number of phenols is 1. The summed E-state index contributed by atoms with van der Waals surface area (Å²) in [6, 6.07) is 29.8. The van der Waals surface area contributed by atoms with E-state index in [1.54, 1.807) is 0 Å². The molecule has 8 heteroatoms. The van der Waals surface area contributed by atoms with Crippen molar-refractivity contribution in [1.29, 1.82) is 0 Å². The van der Waals surface area contributed by atoms with E-state index in [1.165, 1.54) is 4.90 Å². The van der Waals surface area contributed by atoms with E-state index in [0.717, 1.165) is 28.1 Å². The Morgan fingerprint density at radius 2 is 1.52 bits per heavy atom. The van der Waals surface area contributed by atoms with E-state index in [4.69, 9.17) is 0 Å². The van der Waals surface area contributed by atoms with Gasteiger partial charge in [-0.25, -0.2) is 0 Å². The van der Waals surface area contributed by atoms with E-state index in [0.29, 0.717) is 34.5 Å². The molecule has 8 nitrogen and oxygen atoms in total. The SMILES string of the molecule is CCc1ccc(N2C(=O)C3CC=C4C(CC5C(=O)N(Nc6ccc(C)cc6)C(=O)C5(c5ccccc5)C4c4cccc(C)c4O)C3C2=O)cc1. The Morgan fingerprint density at radius 1 is 0.800 bits per heavy atom. The fraction of sp³-hybridized carbons (Fsp3) is 0.286. The number of hydrazine groups is 1. The van der Waals surface area contributed by atoms with E-state index in [1.807, 2.05) is 117 Å². The lowest BCUT2D eigenvalue weighted by molar-refractivity contribution is -0.138. The average Bonchev–Trinajstić information content (AvgIpc) is 3.51. The quantitative estimate of drug-likeness (QED) is 0.174. The van der Waals surface area contributed by atoms with Crippen LogP contribution in [0, 0.1) is 37.5 Å². The number of carbonyl (C=O) groups excluding carboxylic acids is 4. The van der Waals surface area contributed by atoms with Crippen molar-refractivity contribution in [3.63, 3.8) is 0 Å². The summed E-state index contributed by atoms with van der Waals surface area (Å²) in [5.41, 5.74) is 7.60. The van der Waals surface area contributed by atoms with E-state index in [2.05, 4.69) is 12.3 Å². The first-order valence-electron chi connectivity index (χ1n) is 17.4. The molecule has 2 aliphatic carbocycles. The second-order valence-electron chi connectivity index (χ2n) is 14.1.